The van der Waals surface area contributed by atoms with Crippen molar-refractivity contribution >= 4 is 17.7 Å². The SMILES string of the molecule is O=C(Nc1cccc(C(F)(F)F)c1)OC1COC2C(NC(=O)C3CC3)COC12. The van der Waals surface area contributed by atoms with Crippen molar-refractivity contribution in [1.29, 1.82) is 0 Å². The second-order valence-corrected chi connectivity index (χ2v) is 7.13. The number of anilines is 1. The molecule has 4 rings (SSSR count). The molecule has 2 aliphatic heterocycles. The molecule has 0 bridgehead atoms. The number of halogens is 3. The second-order valence-electron chi connectivity index (χ2n) is 7.13. The minimum Gasteiger partial charge on any atom is -0.441 e. The summed E-state index contributed by atoms with van der Waals surface area (Å²) in [4.78, 5) is 24.0. The van der Waals surface area contributed by atoms with Crippen molar-refractivity contribution < 1.29 is 37.0 Å². The molecule has 1 aromatic carbocycles. The van der Waals surface area contributed by atoms with Gasteiger partial charge in [0.1, 0.15) is 12.2 Å². The summed E-state index contributed by atoms with van der Waals surface area (Å²) in [5, 5.41) is 5.18. The van der Waals surface area contributed by atoms with Crippen LogP contribution in [0.3, 0.4) is 0 Å². The third-order valence-electron chi connectivity index (χ3n) is 4.98. The van der Waals surface area contributed by atoms with E-state index in [2.05, 4.69) is 10.6 Å². The number of hydrogen-bond donors (Lipinski definition) is 2. The van der Waals surface area contributed by atoms with Gasteiger partial charge in [-0.05, 0) is 31.0 Å². The highest BCUT2D eigenvalue weighted by Crippen LogP contribution is 2.33. The van der Waals surface area contributed by atoms with Crippen LogP contribution in [0.1, 0.15) is 18.4 Å². The van der Waals surface area contributed by atoms with Crippen LogP contribution in [0.25, 0.3) is 0 Å². The molecule has 2 amide bonds. The van der Waals surface area contributed by atoms with Crippen LogP contribution < -0.4 is 10.6 Å². The lowest BCUT2D eigenvalue weighted by molar-refractivity contribution is -0.137. The smallest absolute Gasteiger partial charge is 0.416 e. The van der Waals surface area contributed by atoms with E-state index in [1.54, 1.807) is 0 Å². The van der Waals surface area contributed by atoms with E-state index < -0.39 is 36.1 Å². The predicted molar refractivity (Wildman–Crippen MR) is 89.5 cm³/mol. The van der Waals surface area contributed by atoms with Crippen molar-refractivity contribution in [2.24, 2.45) is 5.92 Å². The van der Waals surface area contributed by atoms with Gasteiger partial charge in [-0.25, -0.2) is 4.79 Å². The normalized spacial score (nSPS) is 29.2. The summed E-state index contributed by atoms with van der Waals surface area (Å²) in [6.07, 6.45) is -5.30. The Kier molecular flexibility index (Phi) is 4.92. The average molecular weight is 400 g/mol. The molecule has 2 N–H and O–H groups in total. The second kappa shape index (κ2) is 7.25. The van der Waals surface area contributed by atoms with Gasteiger partial charge < -0.3 is 19.5 Å². The molecule has 4 unspecified atom stereocenters. The highest BCUT2D eigenvalue weighted by atomic mass is 19.4. The van der Waals surface area contributed by atoms with Gasteiger partial charge in [-0.3, -0.25) is 10.1 Å². The van der Waals surface area contributed by atoms with Crippen molar-refractivity contribution in [3.8, 4) is 0 Å². The van der Waals surface area contributed by atoms with Crippen molar-refractivity contribution in [3.05, 3.63) is 29.8 Å². The molecule has 2 saturated heterocycles. The van der Waals surface area contributed by atoms with Crippen LogP contribution in [0.15, 0.2) is 24.3 Å². The Morgan fingerprint density at radius 2 is 1.86 bits per heavy atom. The Morgan fingerprint density at radius 3 is 2.57 bits per heavy atom. The fraction of sp³-hybridized carbons (Fsp3) is 0.556. The molecule has 152 valence electrons. The largest absolute Gasteiger partial charge is 0.441 e. The quantitative estimate of drug-likeness (QED) is 0.810. The number of alkyl halides is 3. The van der Waals surface area contributed by atoms with E-state index in [0.29, 0.717) is 0 Å². The minimum atomic E-state index is -4.51. The fourth-order valence-electron chi connectivity index (χ4n) is 3.39. The summed E-state index contributed by atoms with van der Waals surface area (Å²) < 4.78 is 54.8. The molecule has 28 heavy (non-hydrogen) atoms. The van der Waals surface area contributed by atoms with Crippen molar-refractivity contribution in [1.82, 2.24) is 5.32 Å². The van der Waals surface area contributed by atoms with E-state index in [-0.39, 0.29) is 36.8 Å². The van der Waals surface area contributed by atoms with E-state index in [0.717, 1.165) is 25.0 Å². The Morgan fingerprint density at radius 1 is 1.11 bits per heavy atom. The van der Waals surface area contributed by atoms with Crippen molar-refractivity contribution in [3.63, 3.8) is 0 Å². The summed E-state index contributed by atoms with van der Waals surface area (Å²) in [5.41, 5.74) is -0.903. The number of rotatable bonds is 4. The molecule has 0 radical (unpaired) electrons. The average Bonchev–Trinajstić information content (AvgIpc) is 3.31. The van der Waals surface area contributed by atoms with Crippen LogP contribution in [0.2, 0.25) is 0 Å². The highest BCUT2D eigenvalue weighted by Gasteiger charge is 2.50. The Hall–Kier alpha value is -2.33. The number of benzene rings is 1. The third-order valence-corrected chi connectivity index (χ3v) is 4.98. The number of carbonyl (C=O) groups is 2. The van der Waals surface area contributed by atoms with Gasteiger partial charge in [0, 0.05) is 11.6 Å². The Balaban J connectivity index is 1.31. The zero-order valence-electron chi connectivity index (χ0n) is 14.7. The maximum absolute atomic E-state index is 12.8. The van der Waals surface area contributed by atoms with E-state index in [9.17, 15) is 22.8 Å². The van der Waals surface area contributed by atoms with Crippen LogP contribution in [-0.2, 0) is 25.2 Å². The van der Waals surface area contributed by atoms with Gasteiger partial charge in [0.25, 0.3) is 0 Å². The van der Waals surface area contributed by atoms with Crippen LogP contribution in [-0.4, -0.2) is 49.6 Å². The number of fused-ring (bicyclic) bond motifs is 1. The first kappa shape index (κ1) is 19.0. The number of nitrogens with one attached hydrogen (secondary N) is 2. The van der Waals surface area contributed by atoms with Crippen molar-refractivity contribution in [2.45, 2.75) is 43.4 Å². The predicted octanol–water partition coefficient (Wildman–Crippen LogP) is 2.31. The zero-order chi connectivity index (χ0) is 19.9. The molecule has 0 spiro atoms. The maximum atomic E-state index is 12.8. The molecule has 10 heteroatoms. The first-order valence-corrected chi connectivity index (χ1v) is 9.00. The molecular formula is C18H19F3N2O5. The first-order valence-electron chi connectivity index (χ1n) is 9.00. The van der Waals surface area contributed by atoms with Gasteiger partial charge in [0.15, 0.2) is 6.10 Å². The Bertz CT molecular complexity index is 768. The lowest BCUT2D eigenvalue weighted by Gasteiger charge is -2.18. The Labute approximate surface area is 158 Å². The molecule has 1 saturated carbocycles. The molecule has 1 aliphatic carbocycles. The minimum absolute atomic E-state index is 0.0236. The lowest BCUT2D eigenvalue weighted by Crippen LogP contribution is -2.45. The number of amides is 2. The van der Waals surface area contributed by atoms with Gasteiger partial charge in [0.05, 0.1) is 24.8 Å². The van der Waals surface area contributed by atoms with Crippen molar-refractivity contribution in [2.75, 3.05) is 18.5 Å². The standard InChI is InChI=1S/C18H19F3N2O5/c19-18(20,21)10-2-1-3-11(6-10)22-17(25)28-13-8-27-14-12(7-26-15(13)14)23-16(24)9-4-5-9/h1-3,6,9,12-15H,4-5,7-8H2,(H,22,25)(H,23,24). The molecule has 3 fully saturated rings. The van der Waals surface area contributed by atoms with Gasteiger partial charge in [0.2, 0.25) is 5.91 Å². The fourth-order valence-corrected chi connectivity index (χ4v) is 3.39. The summed E-state index contributed by atoms with van der Waals surface area (Å²) in [7, 11) is 0. The van der Waals surface area contributed by atoms with Gasteiger partial charge in [-0.15, -0.1) is 0 Å². The van der Waals surface area contributed by atoms with Crippen LogP contribution in [0, 0.1) is 5.92 Å². The molecular weight excluding hydrogens is 381 g/mol. The van der Waals surface area contributed by atoms with Gasteiger partial charge in [-0.1, -0.05) is 6.07 Å². The molecule has 0 aromatic heterocycles. The van der Waals surface area contributed by atoms with Gasteiger partial charge in [-0.2, -0.15) is 13.2 Å². The maximum Gasteiger partial charge on any atom is 0.416 e. The van der Waals surface area contributed by atoms with Crippen LogP contribution in [0.4, 0.5) is 23.7 Å². The molecule has 7 nitrogen and oxygen atoms in total. The zero-order valence-corrected chi connectivity index (χ0v) is 14.7. The number of carbonyl (C=O) groups excluding carboxylic acids is 2. The molecule has 2 heterocycles. The number of ether oxygens (including phenoxy) is 3. The number of hydrogen-bond acceptors (Lipinski definition) is 5. The molecule has 4 atom stereocenters. The lowest BCUT2D eigenvalue weighted by atomic mass is 10.1. The first-order chi connectivity index (χ1) is 13.3. The van der Waals surface area contributed by atoms with E-state index in [1.165, 1.54) is 12.1 Å². The summed E-state index contributed by atoms with van der Waals surface area (Å²) >= 11 is 0. The summed E-state index contributed by atoms with van der Waals surface area (Å²) in [5.74, 6) is 0.0373. The van der Waals surface area contributed by atoms with Gasteiger partial charge >= 0.3 is 12.3 Å². The summed E-state index contributed by atoms with van der Waals surface area (Å²) in [6, 6.07) is 3.96. The van der Waals surface area contributed by atoms with Crippen LogP contribution >= 0.6 is 0 Å². The monoisotopic (exact) mass is 400 g/mol. The topological polar surface area (TPSA) is 85.9 Å². The molecule has 1 aromatic rings. The molecule has 3 aliphatic rings. The summed E-state index contributed by atoms with van der Waals surface area (Å²) in [6.45, 7) is 0.337. The van der Waals surface area contributed by atoms with E-state index in [4.69, 9.17) is 14.2 Å². The van der Waals surface area contributed by atoms with E-state index in [1.807, 2.05) is 0 Å². The van der Waals surface area contributed by atoms with E-state index >= 15 is 0 Å². The third kappa shape index (κ3) is 4.07. The highest BCUT2D eigenvalue weighted by molar-refractivity contribution is 5.85. The van der Waals surface area contributed by atoms with Crippen LogP contribution in [0.5, 0.6) is 0 Å².